The van der Waals surface area contributed by atoms with Gasteiger partial charge in [0.15, 0.2) is 0 Å². The van der Waals surface area contributed by atoms with Crippen molar-refractivity contribution in [2.24, 2.45) is 0 Å². The highest BCUT2D eigenvalue weighted by Crippen LogP contribution is 2.14. The van der Waals surface area contributed by atoms with E-state index in [0.717, 1.165) is 25.7 Å². The Morgan fingerprint density at radius 2 is 0.970 bits per heavy atom. The Kier molecular flexibility index (Phi) is 25.5. The SMILES string of the molecule is CCCCCCCCCCCCCCC(=O)N[C@@H](CO)[C@H](O)CCCCCCCCCCC. The van der Waals surface area contributed by atoms with E-state index in [1.807, 2.05) is 0 Å². The molecule has 2 atom stereocenters. The number of hydrogen-bond donors (Lipinski definition) is 3. The molecule has 0 unspecified atom stereocenters. The van der Waals surface area contributed by atoms with E-state index in [-0.39, 0.29) is 12.5 Å². The van der Waals surface area contributed by atoms with E-state index in [9.17, 15) is 15.0 Å². The second-order valence-electron chi connectivity index (χ2n) is 10.2. The molecule has 0 aliphatic heterocycles. The monoisotopic (exact) mass is 469 g/mol. The van der Waals surface area contributed by atoms with Gasteiger partial charge in [-0.05, 0) is 12.8 Å². The second kappa shape index (κ2) is 26.0. The molecule has 0 aromatic carbocycles. The molecular weight excluding hydrogens is 410 g/mol. The first-order valence-electron chi connectivity index (χ1n) is 14.7. The Balaban J connectivity index is 3.59. The van der Waals surface area contributed by atoms with E-state index in [1.165, 1.54) is 109 Å². The average molecular weight is 470 g/mol. The zero-order valence-corrected chi connectivity index (χ0v) is 22.4. The van der Waals surface area contributed by atoms with Crippen molar-refractivity contribution in [3.63, 3.8) is 0 Å². The van der Waals surface area contributed by atoms with E-state index in [1.54, 1.807) is 0 Å². The summed E-state index contributed by atoms with van der Waals surface area (Å²) in [6.07, 6.45) is 27.1. The molecule has 0 saturated heterocycles. The Hall–Kier alpha value is -0.610. The average Bonchev–Trinajstić information content (AvgIpc) is 2.82. The van der Waals surface area contributed by atoms with Crippen LogP contribution in [-0.4, -0.2) is 34.9 Å². The quantitative estimate of drug-likeness (QED) is 0.113. The largest absolute Gasteiger partial charge is 0.394 e. The van der Waals surface area contributed by atoms with Crippen LogP contribution in [0.25, 0.3) is 0 Å². The van der Waals surface area contributed by atoms with Crippen LogP contribution in [0.3, 0.4) is 0 Å². The van der Waals surface area contributed by atoms with Gasteiger partial charge < -0.3 is 15.5 Å². The lowest BCUT2D eigenvalue weighted by atomic mass is 10.0. The number of carbonyl (C=O) groups excluding carboxylic acids is 1. The van der Waals surface area contributed by atoms with E-state index >= 15 is 0 Å². The zero-order valence-electron chi connectivity index (χ0n) is 22.4. The highest BCUT2D eigenvalue weighted by molar-refractivity contribution is 5.76. The molecule has 0 aromatic rings. The summed E-state index contributed by atoms with van der Waals surface area (Å²) in [7, 11) is 0. The molecular formula is C29H59NO3. The summed E-state index contributed by atoms with van der Waals surface area (Å²) < 4.78 is 0. The molecule has 0 aromatic heterocycles. The molecule has 0 radical (unpaired) electrons. The maximum Gasteiger partial charge on any atom is 0.220 e. The second-order valence-corrected chi connectivity index (χ2v) is 10.2. The number of hydrogen-bond acceptors (Lipinski definition) is 3. The fourth-order valence-corrected chi connectivity index (χ4v) is 4.53. The van der Waals surface area contributed by atoms with Crippen LogP contribution in [0.15, 0.2) is 0 Å². The van der Waals surface area contributed by atoms with Crippen molar-refractivity contribution in [3.05, 3.63) is 0 Å². The number of nitrogens with one attached hydrogen (secondary N) is 1. The van der Waals surface area contributed by atoms with Gasteiger partial charge in [0, 0.05) is 6.42 Å². The first-order chi connectivity index (χ1) is 16.2. The van der Waals surface area contributed by atoms with Crippen LogP contribution < -0.4 is 5.32 Å². The Labute approximate surface area is 206 Å². The molecule has 0 bridgehead atoms. The summed E-state index contributed by atoms with van der Waals surface area (Å²) >= 11 is 0. The molecule has 0 rings (SSSR count). The molecule has 4 heteroatoms. The summed E-state index contributed by atoms with van der Waals surface area (Å²) in [6, 6.07) is -0.524. The van der Waals surface area contributed by atoms with Crippen molar-refractivity contribution in [3.8, 4) is 0 Å². The number of rotatable bonds is 26. The minimum atomic E-state index is -0.648. The van der Waals surface area contributed by atoms with Crippen LogP contribution in [0.2, 0.25) is 0 Å². The van der Waals surface area contributed by atoms with Crippen LogP contribution in [0, 0.1) is 0 Å². The molecule has 0 aliphatic rings. The Morgan fingerprint density at radius 1 is 0.606 bits per heavy atom. The smallest absolute Gasteiger partial charge is 0.220 e. The summed E-state index contributed by atoms with van der Waals surface area (Å²) in [5.74, 6) is -0.0349. The lowest BCUT2D eigenvalue weighted by Crippen LogP contribution is -2.45. The minimum Gasteiger partial charge on any atom is -0.394 e. The summed E-state index contributed by atoms with van der Waals surface area (Å²) in [6.45, 7) is 4.31. The van der Waals surface area contributed by atoms with Crippen LogP contribution in [0.1, 0.15) is 162 Å². The number of unbranched alkanes of at least 4 members (excludes halogenated alkanes) is 19. The molecule has 198 valence electrons. The van der Waals surface area contributed by atoms with Crippen LogP contribution in [0.5, 0.6) is 0 Å². The van der Waals surface area contributed by atoms with Crippen molar-refractivity contribution in [2.75, 3.05) is 6.61 Å². The Bertz CT molecular complexity index is 402. The molecule has 0 fully saturated rings. The van der Waals surface area contributed by atoms with Crippen molar-refractivity contribution in [1.29, 1.82) is 0 Å². The summed E-state index contributed by atoms with van der Waals surface area (Å²) in [5.41, 5.74) is 0. The van der Waals surface area contributed by atoms with Crippen molar-refractivity contribution in [2.45, 2.75) is 174 Å². The molecule has 0 heterocycles. The van der Waals surface area contributed by atoms with Crippen LogP contribution in [0.4, 0.5) is 0 Å². The van der Waals surface area contributed by atoms with Gasteiger partial charge >= 0.3 is 0 Å². The highest BCUT2D eigenvalue weighted by atomic mass is 16.3. The first-order valence-corrected chi connectivity index (χ1v) is 14.7. The van der Waals surface area contributed by atoms with Gasteiger partial charge in [0.05, 0.1) is 18.8 Å². The zero-order chi connectivity index (χ0) is 24.4. The lowest BCUT2D eigenvalue weighted by Gasteiger charge is -2.22. The Morgan fingerprint density at radius 3 is 1.36 bits per heavy atom. The van der Waals surface area contributed by atoms with Crippen molar-refractivity contribution in [1.82, 2.24) is 5.32 Å². The predicted molar refractivity (Wildman–Crippen MR) is 143 cm³/mol. The van der Waals surface area contributed by atoms with Crippen LogP contribution >= 0.6 is 0 Å². The third kappa shape index (κ3) is 22.9. The first kappa shape index (κ1) is 32.4. The van der Waals surface area contributed by atoms with Gasteiger partial charge in [0.1, 0.15) is 0 Å². The van der Waals surface area contributed by atoms with Crippen molar-refractivity contribution >= 4 is 5.91 Å². The maximum absolute atomic E-state index is 12.2. The number of amides is 1. The number of aliphatic hydroxyl groups is 2. The summed E-state index contributed by atoms with van der Waals surface area (Å²) in [4.78, 5) is 12.2. The van der Waals surface area contributed by atoms with Gasteiger partial charge in [-0.2, -0.15) is 0 Å². The highest BCUT2D eigenvalue weighted by Gasteiger charge is 2.19. The summed E-state index contributed by atoms with van der Waals surface area (Å²) in [5, 5.41) is 22.8. The number of carbonyl (C=O) groups is 1. The van der Waals surface area contributed by atoms with E-state index in [2.05, 4.69) is 19.2 Å². The van der Waals surface area contributed by atoms with Gasteiger partial charge in [-0.25, -0.2) is 0 Å². The van der Waals surface area contributed by atoms with Gasteiger partial charge in [-0.15, -0.1) is 0 Å². The van der Waals surface area contributed by atoms with Crippen LogP contribution in [-0.2, 0) is 4.79 Å². The van der Waals surface area contributed by atoms with Gasteiger partial charge in [0.2, 0.25) is 5.91 Å². The van der Waals surface area contributed by atoms with E-state index < -0.39 is 12.1 Å². The van der Waals surface area contributed by atoms with E-state index in [0.29, 0.717) is 12.8 Å². The van der Waals surface area contributed by atoms with Crippen molar-refractivity contribution < 1.29 is 15.0 Å². The fourth-order valence-electron chi connectivity index (χ4n) is 4.53. The van der Waals surface area contributed by atoms with E-state index in [4.69, 9.17) is 0 Å². The standard InChI is InChI=1S/C29H59NO3/c1-3-5-7-9-11-13-14-15-17-19-21-23-25-29(33)30-27(26-31)28(32)24-22-20-18-16-12-10-8-6-4-2/h27-28,31-32H,3-26H2,1-2H3,(H,30,33)/t27-,28+/m0/s1. The molecule has 1 amide bonds. The predicted octanol–water partition coefficient (Wildman–Crippen LogP) is 7.84. The molecule has 33 heavy (non-hydrogen) atoms. The topological polar surface area (TPSA) is 69.6 Å². The minimum absolute atomic E-state index is 0.0349. The fraction of sp³-hybridized carbons (Fsp3) is 0.966. The third-order valence-electron chi connectivity index (χ3n) is 6.87. The van der Waals surface area contributed by atoms with Gasteiger partial charge in [0.25, 0.3) is 0 Å². The third-order valence-corrected chi connectivity index (χ3v) is 6.87. The maximum atomic E-state index is 12.2. The molecule has 4 nitrogen and oxygen atoms in total. The number of aliphatic hydroxyl groups excluding tert-OH is 2. The molecule has 0 saturated carbocycles. The van der Waals surface area contributed by atoms with Gasteiger partial charge in [-0.3, -0.25) is 4.79 Å². The molecule has 3 N–H and O–H groups in total. The normalized spacial score (nSPS) is 13.2. The lowest BCUT2D eigenvalue weighted by molar-refractivity contribution is -0.123. The molecule has 0 spiro atoms. The molecule has 0 aliphatic carbocycles. The van der Waals surface area contributed by atoms with Gasteiger partial charge in [-0.1, -0.05) is 142 Å².